The molecule has 0 radical (unpaired) electrons. The number of rotatable bonds is 3. The topological polar surface area (TPSA) is 73.2 Å². The molecule has 0 saturated carbocycles. The quantitative estimate of drug-likeness (QED) is 0.883. The highest BCUT2D eigenvalue weighted by atomic mass is 19.1. The fraction of sp³-hybridized carbons (Fsp3) is 0.167. The summed E-state index contributed by atoms with van der Waals surface area (Å²) < 4.78 is 13.8. The van der Waals surface area contributed by atoms with E-state index in [-0.39, 0.29) is 12.1 Å². The van der Waals surface area contributed by atoms with Crippen molar-refractivity contribution in [2.75, 3.05) is 0 Å². The maximum Gasteiger partial charge on any atom is 0.325 e. The number of amides is 3. The van der Waals surface area contributed by atoms with Gasteiger partial charge in [-0.1, -0.05) is 30.3 Å². The molecule has 0 spiro atoms. The molecule has 1 atom stereocenters. The molecule has 1 aliphatic heterocycles. The van der Waals surface area contributed by atoms with Gasteiger partial charge in [-0.05, 0) is 30.7 Å². The average molecular weight is 323 g/mol. The van der Waals surface area contributed by atoms with Crippen LogP contribution in [-0.2, 0) is 16.9 Å². The van der Waals surface area contributed by atoms with Crippen molar-refractivity contribution in [3.05, 3.63) is 71.0 Å². The predicted molar refractivity (Wildman–Crippen MR) is 84.0 cm³/mol. The molecule has 1 N–H and O–H groups in total. The van der Waals surface area contributed by atoms with Crippen LogP contribution in [0.1, 0.15) is 23.6 Å². The van der Waals surface area contributed by atoms with Gasteiger partial charge in [0.1, 0.15) is 11.4 Å². The highest BCUT2D eigenvalue weighted by Gasteiger charge is 2.49. The zero-order valence-corrected chi connectivity index (χ0v) is 12.9. The Morgan fingerprint density at radius 1 is 1.21 bits per heavy atom. The first kappa shape index (κ1) is 15.7. The molecule has 1 fully saturated rings. The molecule has 1 unspecified atom stereocenters. The molecule has 0 aliphatic carbocycles. The summed E-state index contributed by atoms with van der Waals surface area (Å²) in [7, 11) is 0. The lowest BCUT2D eigenvalue weighted by atomic mass is 9.91. The fourth-order valence-electron chi connectivity index (χ4n) is 2.73. The van der Waals surface area contributed by atoms with Gasteiger partial charge >= 0.3 is 6.03 Å². The highest BCUT2D eigenvalue weighted by molar-refractivity contribution is 6.07. The third-order valence-electron chi connectivity index (χ3n) is 4.13. The molecule has 1 heterocycles. The van der Waals surface area contributed by atoms with Crippen LogP contribution in [0, 0.1) is 17.1 Å². The van der Waals surface area contributed by atoms with Crippen molar-refractivity contribution in [2.24, 2.45) is 0 Å². The molecule has 3 amide bonds. The zero-order chi connectivity index (χ0) is 17.3. The summed E-state index contributed by atoms with van der Waals surface area (Å²) in [6.07, 6.45) is 0. The second-order valence-electron chi connectivity index (χ2n) is 5.73. The largest absolute Gasteiger partial charge is 0.325 e. The number of urea groups is 1. The van der Waals surface area contributed by atoms with E-state index in [1.165, 1.54) is 12.1 Å². The number of nitriles is 1. The Kier molecular flexibility index (Phi) is 3.78. The van der Waals surface area contributed by atoms with Gasteiger partial charge in [-0.15, -0.1) is 0 Å². The maximum atomic E-state index is 13.8. The third-order valence-corrected chi connectivity index (χ3v) is 4.13. The van der Waals surface area contributed by atoms with Crippen molar-refractivity contribution in [1.29, 1.82) is 5.26 Å². The van der Waals surface area contributed by atoms with Crippen LogP contribution >= 0.6 is 0 Å². The van der Waals surface area contributed by atoms with Crippen LogP contribution in [0.25, 0.3) is 0 Å². The first-order valence-electron chi connectivity index (χ1n) is 7.34. The Morgan fingerprint density at radius 3 is 2.67 bits per heavy atom. The number of carbonyl (C=O) groups excluding carboxylic acids is 2. The number of nitrogens with zero attached hydrogens (tertiary/aromatic N) is 2. The number of carbonyl (C=O) groups is 2. The molecule has 6 heteroatoms. The standard InChI is InChI=1S/C18H14FN3O2/c1-18(14-7-4-5-12(9-14)10-20)16(23)22(17(24)21-18)11-13-6-2-3-8-15(13)19/h2-9H,11H2,1H3,(H,21,24). The lowest BCUT2D eigenvalue weighted by Crippen LogP contribution is -2.40. The third kappa shape index (κ3) is 2.50. The summed E-state index contributed by atoms with van der Waals surface area (Å²) in [6.45, 7) is 1.43. The van der Waals surface area contributed by atoms with Gasteiger partial charge < -0.3 is 5.32 Å². The Morgan fingerprint density at radius 2 is 1.96 bits per heavy atom. The van der Waals surface area contributed by atoms with Crippen LogP contribution < -0.4 is 5.32 Å². The number of hydrogen-bond acceptors (Lipinski definition) is 3. The van der Waals surface area contributed by atoms with E-state index in [1.54, 1.807) is 43.3 Å². The minimum atomic E-state index is -1.28. The van der Waals surface area contributed by atoms with Gasteiger partial charge in [0.05, 0.1) is 18.2 Å². The Balaban J connectivity index is 1.93. The highest BCUT2D eigenvalue weighted by Crippen LogP contribution is 2.30. The van der Waals surface area contributed by atoms with E-state index in [0.29, 0.717) is 11.1 Å². The van der Waals surface area contributed by atoms with Crippen molar-refractivity contribution < 1.29 is 14.0 Å². The summed E-state index contributed by atoms with van der Waals surface area (Å²) >= 11 is 0. The maximum absolute atomic E-state index is 13.8. The minimum absolute atomic E-state index is 0.148. The van der Waals surface area contributed by atoms with Crippen molar-refractivity contribution in [2.45, 2.75) is 19.0 Å². The summed E-state index contributed by atoms with van der Waals surface area (Å²) in [5.74, 6) is -0.955. The van der Waals surface area contributed by atoms with Crippen molar-refractivity contribution >= 4 is 11.9 Å². The molecule has 0 aromatic heterocycles. The average Bonchev–Trinajstić information content (AvgIpc) is 2.81. The molecule has 2 aromatic rings. The lowest BCUT2D eigenvalue weighted by molar-refractivity contribution is -0.131. The molecule has 0 bridgehead atoms. The van der Waals surface area contributed by atoms with Crippen LogP contribution in [0.2, 0.25) is 0 Å². The van der Waals surface area contributed by atoms with E-state index in [4.69, 9.17) is 5.26 Å². The van der Waals surface area contributed by atoms with E-state index in [2.05, 4.69) is 5.32 Å². The molecule has 24 heavy (non-hydrogen) atoms. The molecule has 1 saturated heterocycles. The van der Waals surface area contributed by atoms with Gasteiger partial charge in [0.2, 0.25) is 0 Å². The second kappa shape index (κ2) is 5.78. The summed E-state index contributed by atoms with van der Waals surface area (Å²) in [4.78, 5) is 26.0. The van der Waals surface area contributed by atoms with Crippen molar-refractivity contribution in [3.63, 3.8) is 0 Å². The smallest absolute Gasteiger partial charge is 0.319 e. The van der Waals surface area contributed by atoms with Crippen LogP contribution in [0.3, 0.4) is 0 Å². The minimum Gasteiger partial charge on any atom is -0.319 e. The Hall–Kier alpha value is -3.20. The van der Waals surface area contributed by atoms with E-state index >= 15 is 0 Å². The molecular formula is C18H14FN3O2. The molecular weight excluding hydrogens is 309 g/mol. The van der Waals surface area contributed by atoms with Gasteiger partial charge in [0.25, 0.3) is 5.91 Å². The van der Waals surface area contributed by atoms with E-state index in [1.807, 2.05) is 6.07 Å². The molecule has 120 valence electrons. The number of imide groups is 1. The van der Waals surface area contributed by atoms with Gasteiger partial charge in [0.15, 0.2) is 0 Å². The van der Waals surface area contributed by atoms with Gasteiger partial charge in [-0.3, -0.25) is 9.69 Å². The predicted octanol–water partition coefficient (Wildman–Crippen LogP) is 2.66. The first-order valence-corrected chi connectivity index (χ1v) is 7.34. The second-order valence-corrected chi connectivity index (χ2v) is 5.73. The van der Waals surface area contributed by atoms with Crippen molar-refractivity contribution in [1.82, 2.24) is 10.2 Å². The normalized spacial score (nSPS) is 20.0. The Bertz CT molecular complexity index is 875. The lowest BCUT2D eigenvalue weighted by Gasteiger charge is -2.22. The summed E-state index contributed by atoms with van der Waals surface area (Å²) in [6, 6.07) is 13.9. The van der Waals surface area contributed by atoms with Gasteiger partial charge in [-0.2, -0.15) is 5.26 Å². The van der Waals surface area contributed by atoms with Crippen LogP contribution in [-0.4, -0.2) is 16.8 Å². The van der Waals surface area contributed by atoms with E-state index in [0.717, 1.165) is 4.90 Å². The van der Waals surface area contributed by atoms with Gasteiger partial charge in [-0.25, -0.2) is 9.18 Å². The molecule has 3 rings (SSSR count). The zero-order valence-electron chi connectivity index (χ0n) is 12.9. The number of halogens is 1. The summed E-state index contributed by atoms with van der Waals surface area (Å²) in [5, 5.41) is 11.7. The van der Waals surface area contributed by atoms with E-state index in [9.17, 15) is 14.0 Å². The number of benzene rings is 2. The van der Waals surface area contributed by atoms with Crippen LogP contribution in [0.4, 0.5) is 9.18 Å². The SMILES string of the molecule is CC1(c2cccc(C#N)c2)NC(=O)N(Cc2ccccc2F)C1=O. The summed E-state index contributed by atoms with van der Waals surface area (Å²) in [5.41, 5.74) is -0.120. The first-order chi connectivity index (χ1) is 11.5. The monoisotopic (exact) mass is 323 g/mol. The van der Waals surface area contributed by atoms with Crippen LogP contribution in [0.15, 0.2) is 48.5 Å². The van der Waals surface area contributed by atoms with E-state index < -0.39 is 23.3 Å². The van der Waals surface area contributed by atoms with Gasteiger partial charge in [0, 0.05) is 5.56 Å². The molecule has 1 aliphatic rings. The number of nitrogens with one attached hydrogen (secondary N) is 1. The Labute approximate surface area is 138 Å². The molecule has 5 nitrogen and oxygen atoms in total. The fourth-order valence-corrected chi connectivity index (χ4v) is 2.73. The van der Waals surface area contributed by atoms with Crippen LogP contribution in [0.5, 0.6) is 0 Å². The molecule has 2 aromatic carbocycles. The number of hydrogen-bond donors (Lipinski definition) is 1. The van der Waals surface area contributed by atoms with Crippen molar-refractivity contribution in [3.8, 4) is 6.07 Å².